The molecule has 1 aliphatic rings. The predicted octanol–water partition coefficient (Wildman–Crippen LogP) is 2.92. The number of aryl methyl sites for hydroxylation is 2. The second kappa shape index (κ2) is 8.35. The molecule has 4 heterocycles. The molecule has 4 aromatic rings. The fourth-order valence-electron chi connectivity index (χ4n) is 4.31. The second-order valence-electron chi connectivity index (χ2n) is 8.09. The van der Waals surface area contributed by atoms with Crippen LogP contribution in [-0.2, 0) is 18.8 Å². The van der Waals surface area contributed by atoms with Crippen LogP contribution in [0.4, 0.5) is 0 Å². The largest absolute Gasteiger partial charge is 0.505 e. The lowest BCUT2D eigenvalue weighted by Crippen LogP contribution is -2.36. The van der Waals surface area contributed by atoms with Crippen molar-refractivity contribution < 1.29 is 24.1 Å². The lowest BCUT2D eigenvalue weighted by molar-refractivity contribution is 0.0523. The van der Waals surface area contributed by atoms with Gasteiger partial charge in [0.25, 0.3) is 5.56 Å². The van der Waals surface area contributed by atoms with Crippen molar-refractivity contribution in [3.8, 4) is 38.9 Å². The van der Waals surface area contributed by atoms with E-state index in [4.69, 9.17) is 14.2 Å². The van der Waals surface area contributed by atoms with Crippen LogP contribution in [0.1, 0.15) is 22.2 Å². The number of nitrogens with zero attached hydrogens (tertiary/aromatic N) is 2. The molecule has 0 bridgehead atoms. The number of aromatic hydroxyl groups is 1. The second-order valence-corrected chi connectivity index (χ2v) is 9.32. The van der Waals surface area contributed by atoms with Crippen molar-refractivity contribution in [1.29, 1.82) is 0 Å². The van der Waals surface area contributed by atoms with E-state index in [1.165, 1.54) is 23.0 Å². The van der Waals surface area contributed by atoms with Crippen molar-refractivity contribution in [2.24, 2.45) is 14.1 Å². The number of hydrogen-bond acceptors (Lipinski definition) is 8. The zero-order valence-corrected chi connectivity index (χ0v) is 20.4. The molecule has 0 saturated heterocycles. The summed E-state index contributed by atoms with van der Waals surface area (Å²) in [5, 5.41) is 11.4. The summed E-state index contributed by atoms with van der Waals surface area (Å²) in [4.78, 5) is 42.6. The van der Waals surface area contributed by atoms with Crippen LogP contribution in [0.5, 0.6) is 17.2 Å². The first-order chi connectivity index (χ1) is 16.7. The van der Waals surface area contributed by atoms with Gasteiger partial charge in [-0.05, 0) is 32.0 Å². The fraction of sp³-hybridized carbons (Fsp3) is 0.292. The van der Waals surface area contributed by atoms with Gasteiger partial charge in [0.1, 0.15) is 30.2 Å². The molecule has 0 atom stereocenters. The molecular formula is C24H23N3O7S. The molecule has 0 radical (unpaired) electrons. The summed E-state index contributed by atoms with van der Waals surface area (Å²) >= 11 is 1.17. The number of carbonyl (C=O) groups excluding carboxylic acids is 1. The van der Waals surface area contributed by atoms with Crippen molar-refractivity contribution in [1.82, 2.24) is 14.1 Å². The maximum Gasteiger partial charge on any atom is 0.343 e. The number of aromatic nitrogens is 3. The number of ether oxygens (including phenoxy) is 3. The highest BCUT2D eigenvalue weighted by molar-refractivity contribution is 7.16. The van der Waals surface area contributed by atoms with Crippen LogP contribution in [0.25, 0.3) is 32.7 Å². The van der Waals surface area contributed by atoms with Crippen molar-refractivity contribution in [2.45, 2.75) is 13.8 Å². The Morgan fingerprint density at radius 3 is 2.60 bits per heavy atom. The van der Waals surface area contributed by atoms with E-state index in [1.54, 1.807) is 39.1 Å². The van der Waals surface area contributed by atoms with E-state index >= 15 is 0 Å². The summed E-state index contributed by atoms with van der Waals surface area (Å²) in [5.41, 5.74) is 0.843. The number of rotatable bonds is 4. The molecule has 0 fully saturated rings. The van der Waals surface area contributed by atoms with Gasteiger partial charge in [0.15, 0.2) is 11.5 Å². The average molecular weight is 498 g/mol. The highest BCUT2D eigenvalue weighted by Crippen LogP contribution is 2.48. The van der Waals surface area contributed by atoms with E-state index in [-0.39, 0.29) is 23.3 Å². The molecule has 10 nitrogen and oxygen atoms in total. The maximum absolute atomic E-state index is 13.3. The van der Waals surface area contributed by atoms with Crippen molar-refractivity contribution in [2.75, 3.05) is 19.8 Å². The van der Waals surface area contributed by atoms with Gasteiger partial charge >= 0.3 is 11.7 Å². The number of fused-ring (bicyclic) bond motifs is 2. The summed E-state index contributed by atoms with van der Waals surface area (Å²) in [5.74, 6) is 0.215. The monoisotopic (exact) mass is 497 g/mol. The summed E-state index contributed by atoms with van der Waals surface area (Å²) in [6, 6.07) is 5.34. The first kappa shape index (κ1) is 22.8. The summed E-state index contributed by atoms with van der Waals surface area (Å²) in [6.07, 6.45) is 0. The van der Waals surface area contributed by atoms with Gasteiger partial charge in [-0.25, -0.2) is 9.59 Å². The smallest absolute Gasteiger partial charge is 0.343 e. The van der Waals surface area contributed by atoms with Gasteiger partial charge < -0.3 is 24.3 Å². The zero-order valence-electron chi connectivity index (χ0n) is 19.6. The van der Waals surface area contributed by atoms with E-state index in [0.29, 0.717) is 56.9 Å². The molecule has 35 heavy (non-hydrogen) atoms. The number of benzene rings is 1. The fourth-order valence-corrected chi connectivity index (χ4v) is 5.40. The van der Waals surface area contributed by atoms with E-state index in [1.807, 2.05) is 0 Å². The first-order valence-corrected chi connectivity index (χ1v) is 11.8. The van der Waals surface area contributed by atoms with Crippen LogP contribution in [-0.4, -0.2) is 45.0 Å². The highest BCUT2D eigenvalue weighted by atomic mass is 32.1. The molecule has 3 aromatic heterocycles. The highest BCUT2D eigenvalue weighted by Gasteiger charge is 2.30. The number of thiophene rings is 1. The van der Waals surface area contributed by atoms with Crippen LogP contribution >= 0.6 is 11.3 Å². The normalized spacial score (nSPS) is 12.8. The number of hydrogen-bond donors (Lipinski definition) is 2. The quantitative estimate of drug-likeness (QED) is 0.415. The molecule has 1 aliphatic heterocycles. The summed E-state index contributed by atoms with van der Waals surface area (Å²) < 4.78 is 18.8. The molecule has 0 unspecified atom stereocenters. The van der Waals surface area contributed by atoms with E-state index < -0.39 is 17.2 Å². The SMILES string of the molecule is CCOC(=O)c1c(C)sc(-c2c(-c3ccc4c(c3)OCCO4)[nH]c3c2c(=O)n(C)c(=O)n3C)c1O. The molecule has 5 rings (SSSR count). The maximum atomic E-state index is 13.3. The topological polar surface area (TPSA) is 125 Å². The third kappa shape index (κ3) is 3.42. The Morgan fingerprint density at radius 1 is 1.17 bits per heavy atom. The number of H-pyrrole nitrogens is 1. The Bertz CT molecular complexity index is 1620. The number of aromatic amines is 1. The average Bonchev–Trinajstić information content (AvgIpc) is 3.38. The molecule has 11 heteroatoms. The lowest BCUT2D eigenvalue weighted by Gasteiger charge is -2.19. The van der Waals surface area contributed by atoms with Gasteiger partial charge in [0.05, 0.1) is 22.6 Å². The molecular weight excluding hydrogens is 474 g/mol. The minimum atomic E-state index is -0.647. The van der Waals surface area contributed by atoms with E-state index in [2.05, 4.69) is 4.98 Å². The Hall–Kier alpha value is -3.99. The summed E-state index contributed by atoms with van der Waals surface area (Å²) in [6.45, 7) is 4.38. The first-order valence-electron chi connectivity index (χ1n) is 11.0. The third-order valence-corrected chi connectivity index (χ3v) is 7.12. The Labute approximate surface area is 202 Å². The lowest BCUT2D eigenvalue weighted by atomic mass is 10.0. The van der Waals surface area contributed by atoms with Gasteiger partial charge in [0.2, 0.25) is 0 Å². The minimum absolute atomic E-state index is 0.0518. The van der Waals surface area contributed by atoms with E-state index in [9.17, 15) is 19.5 Å². The van der Waals surface area contributed by atoms with Crippen LogP contribution in [0, 0.1) is 6.92 Å². The molecule has 182 valence electrons. The van der Waals surface area contributed by atoms with Crippen molar-refractivity contribution in [3.63, 3.8) is 0 Å². The van der Waals surface area contributed by atoms with Gasteiger partial charge in [0, 0.05) is 30.1 Å². The number of esters is 1. The van der Waals surface area contributed by atoms with Gasteiger partial charge in [-0.15, -0.1) is 11.3 Å². The molecule has 0 aliphatic carbocycles. The van der Waals surface area contributed by atoms with Crippen LogP contribution in [0.2, 0.25) is 0 Å². The summed E-state index contributed by atoms with van der Waals surface area (Å²) in [7, 11) is 2.95. The van der Waals surface area contributed by atoms with Crippen LogP contribution < -0.4 is 20.7 Å². The predicted molar refractivity (Wildman–Crippen MR) is 131 cm³/mol. The zero-order chi connectivity index (χ0) is 25.0. The molecule has 1 aromatic carbocycles. The Kier molecular flexibility index (Phi) is 5.43. The molecule has 2 N–H and O–H groups in total. The van der Waals surface area contributed by atoms with Crippen LogP contribution in [0.15, 0.2) is 27.8 Å². The Morgan fingerprint density at radius 2 is 1.89 bits per heavy atom. The van der Waals surface area contributed by atoms with Crippen molar-refractivity contribution >= 4 is 28.3 Å². The minimum Gasteiger partial charge on any atom is -0.505 e. The van der Waals surface area contributed by atoms with Crippen molar-refractivity contribution in [3.05, 3.63) is 49.5 Å². The molecule has 0 saturated carbocycles. The van der Waals surface area contributed by atoms with Gasteiger partial charge in [-0.3, -0.25) is 13.9 Å². The molecule has 0 amide bonds. The third-order valence-electron chi connectivity index (χ3n) is 6.00. The van der Waals surface area contributed by atoms with Crippen LogP contribution in [0.3, 0.4) is 0 Å². The van der Waals surface area contributed by atoms with E-state index in [0.717, 1.165) is 4.57 Å². The number of carbonyl (C=O) groups is 1. The van der Waals surface area contributed by atoms with Gasteiger partial charge in [-0.1, -0.05) is 0 Å². The number of nitrogens with one attached hydrogen (secondary N) is 1. The standard InChI is InChI=1S/C24H23N3O7S/c1-5-32-23(30)15-11(2)35-20(19(15)28)16-17-21(26(3)24(31)27(4)22(17)29)25-18(16)12-6-7-13-14(10-12)34-9-8-33-13/h6-7,10,25,28H,5,8-9H2,1-4H3. The Balaban J connectivity index is 1.87. The van der Waals surface area contributed by atoms with Gasteiger partial charge in [-0.2, -0.15) is 0 Å². The molecule has 0 spiro atoms.